The number of nitrogens with one attached hydrogen (secondary N) is 1. The van der Waals surface area contributed by atoms with E-state index >= 15 is 0 Å². The number of fused-ring (bicyclic) bond motifs is 2. The molecule has 3 rings (SSSR count). The van der Waals surface area contributed by atoms with Crippen LogP contribution < -0.4 is 11.1 Å². The summed E-state index contributed by atoms with van der Waals surface area (Å²) in [6.07, 6.45) is 6.62. The Morgan fingerprint density at radius 2 is 1.82 bits per heavy atom. The van der Waals surface area contributed by atoms with Gasteiger partial charge in [0.25, 0.3) is 0 Å². The van der Waals surface area contributed by atoms with Crippen molar-refractivity contribution in [2.45, 2.75) is 51.5 Å². The average molecular weight is 300 g/mol. The Morgan fingerprint density at radius 3 is 2.45 bits per heavy atom. The predicted octanol–water partition coefficient (Wildman–Crippen LogP) is 2.81. The molecule has 2 fully saturated rings. The Morgan fingerprint density at radius 1 is 1.18 bits per heavy atom. The van der Waals surface area contributed by atoms with Gasteiger partial charge in [-0.1, -0.05) is 36.2 Å². The van der Waals surface area contributed by atoms with E-state index in [4.69, 9.17) is 5.73 Å². The van der Waals surface area contributed by atoms with Gasteiger partial charge in [0.15, 0.2) is 0 Å². The van der Waals surface area contributed by atoms with E-state index in [9.17, 15) is 4.79 Å². The highest BCUT2D eigenvalue weighted by Gasteiger charge is 2.40. The number of aryl methyl sites for hydroxylation is 1. The van der Waals surface area contributed by atoms with Gasteiger partial charge in [-0.3, -0.25) is 4.79 Å². The smallest absolute Gasteiger partial charge is 0.223 e. The van der Waals surface area contributed by atoms with Crippen LogP contribution in [-0.2, 0) is 11.2 Å². The first-order chi connectivity index (χ1) is 10.6. The molecule has 2 aliphatic carbocycles. The average Bonchev–Trinajstić information content (AvgIpc) is 2.49. The molecule has 1 aromatic carbocycles. The summed E-state index contributed by atoms with van der Waals surface area (Å²) < 4.78 is 0. The first kappa shape index (κ1) is 15.5. The van der Waals surface area contributed by atoms with E-state index in [1.54, 1.807) is 0 Å². The minimum Gasteiger partial charge on any atom is -0.356 e. The van der Waals surface area contributed by atoms with Crippen LogP contribution in [0.3, 0.4) is 0 Å². The van der Waals surface area contributed by atoms with Crippen molar-refractivity contribution in [3.05, 3.63) is 35.4 Å². The number of nitrogens with two attached hydrogens (primary N) is 1. The van der Waals surface area contributed by atoms with Crippen LogP contribution in [0.4, 0.5) is 0 Å². The second kappa shape index (κ2) is 6.82. The van der Waals surface area contributed by atoms with Crippen LogP contribution in [0.15, 0.2) is 24.3 Å². The summed E-state index contributed by atoms with van der Waals surface area (Å²) in [5, 5.41) is 3.14. The van der Waals surface area contributed by atoms with Gasteiger partial charge in [-0.25, -0.2) is 0 Å². The van der Waals surface area contributed by atoms with Crippen LogP contribution in [0.5, 0.6) is 0 Å². The molecule has 2 saturated carbocycles. The summed E-state index contributed by atoms with van der Waals surface area (Å²) in [5.41, 5.74) is 8.86. The number of hydrogen-bond acceptors (Lipinski definition) is 2. The van der Waals surface area contributed by atoms with Gasteiger partial charge < -0.3 is 11.1 Å². The molecule has 2 unspecified atom stereocenters. The Labute approximate surface area is 133 Å². The molecule has 0 spiro atoms. The van der Waals surface area contributed by atoms with Crippen LogP contribution in [0.25, 0.3) is 0 Å². The van der Waals surface area contributed by atoms with Gasteiger partial charge >= 0.3 is 0 Å². The van der Waals surface area contributed by atoms with Crippen LogP contribution in [0, 0.1) is 24.7 Å². The first-order valence-corrected chi connectivity index (χ1v) is 8.72. The van der Waals surface area contributed by atoms with Crippen molar-refractivity contribution in [3.8, 4) is 0 Å². The highest BCUT2D eigenvalue weighted by atomic mass is 16.1. The maximum Gasteiger partial charge on any atom is 0.223 e. The molecule has 22 heavy (non-hydrogen) atoms. The molecule has 3 nitrogen and oxygen atoms in total. The lowest BCUT2D eigenvalue weighted by atomic mass is 9.65. The fourth-order valence-electron chi connectivity index (χ4n) is 4.23. The normalized spacial score (nSPS) is 30.8. The largest absolute Gasteiger partial charge is 0.356 e. The van der Waals surface area contributed by atoms with Crippen molar-refractivity contribution in [1.29, 1.82) is 0 Å². The molecule has 2 bridgehead atoms. The monoisotopic (exact) mass is 300 g/mol. The quantitative estimate of drug-likeness (QED) is 0.898. The van der Waals surface area contributed by atoms with E-state index in [2.05, 4.69) is 36.5 Å². The van der Waals surface area contributed by atoms with Gasteiger partial charge in [0.2, 0.25) is 5.91 Å². The lowest BCUT2D eigenvalue weighted by molar-refractivity contribution is -0.127. The maximum absolute atomic E-state index is 12.4. The lowest BCUT2D eigenvalue weighted by Crippen LogP contribution is -2.49. The number of hydrogen-bond donors (Lipinski definition) is 2. The Hall–Kier alpha value is -1.35. The highest BCUT2D eigenvalue weighted by Crippen LogP contribution is 2.41. The fraction of sp³-hybridized carbons (Fsp3) is 0.632. The van der Waals surface area contributed by atoms with Crippen LogP contribution >= 0.6 is 0 Å². The zero-order valence-electron chi connectivity index (χ0n) is 13.6. The highest BCUT2D eigenvalue weighted by molar-refractivity contribution is 5.78. The summed E-state index contributed by atoms with van der Waals surface area (Å²) >= 11 is 0. The van der Waals surface area contributed by atoms with Crippen molar-refractivity contribution in [3.63, 3.8) is 0 Å². The van der Waals surface area contributed by atoms with Gasteiger partial charge in [-0.2, -0.15) is 0 Å². The lowest BCUT2D eigenvalue weighted by Gasteiger charge is -2.43. The topological polar surface area (TPSA) is 55.1 Å². The third-order valence-corrected chi connectivity index (χ3v) is 5.62. The van der Waals surface area contributed by atoms with E-state index in [0.717, 1.165) is 25.8 Å². The molecule has 0 aliphatic heterocycles. The molecule has 0 radical (unpaired) electrons. The molecule has 1 amide bonds. The van der Waals surface area contributed by atoms with Crippen LogP contribution in [0.1, 0.15) is 43.2 Å². The van der Waals surface area contributed by atoms with Gasteiger partial charge in [0, 0.05) is 18.5 Å². The summed E-state index contributed by atoms with van der Waals surface area (Å²) in [5.74, 6) is 1.57. The number of carbonyl (C=O) groups excluding carboxylic acids is 1. The summed E-state index contributed by atoms with van der Waals surface area (Å²) in [7, 11) is 0. The summed E-state index contributed by atoms with van der Waals surface area (Å²) in [6.45, 7) is 2.83. The molecule has 2 aliphatic rings. The number of benzene rings is 1. The molecule has 2 atom stereocenters. The van der Waals surface area contributed by atoms with E-state index in [-0.39, 0.29) is 11.8 Å². The van der Waals surface area contributed by atoms with E-state index in [0.29, 0.717) is 17.9 Å². The second-order valence-electron chi connectivity index (χ2n) is 7.22. The molecular weight excluding hydrogens is 272 g/mol. The standard InChI is InChI=1S/C19H28N2O/c1-13-5-7-14(8-6-13)9-10-21-19(22)17-11-15-3-2-4-16(12-17)18(15)20/h5-8,15-18H,2-4,9-12,20H2,1H3,(H,21,22). The van der Waals surface area contributed by atoms with E-state index in [1.807, 2.05) is 0 Å². The summed E-state index contributed by atoms with van der Waals surface area (Å²) in [4.78, 5) is 12.4. The fourth-order valence-corrected chi connectivity index (χ4v) is 4.23. The number of carbonyl (C=O) groups is 1. The zero-order chi connectivity index (χ0) is 15.5. The van der Waals surface area contributed by atoms with Crippen molar-refractivity contribution in [2.24, 2.45) is 23.5 Å². The molecule has 1 aromatic rings. The van der Waals surface area contributed by atoms with Crippen molar-refractivity contribution in [2.75, 3.05) is 6.54 Å². The van der Waals surface area contributed by atoms with Crippen LogP contribution in [0.2, 0.25) is 0 Å². The van der Waals surface area contributed by atoms with Gasteiger partial charge in [0.1, 0.15) is 0 Å². The second-order valence-corrected chi connectivity index (χ2v) is 7.22. The predicted molar refractivity (Wildman–Crippen MR) is 89.4 cm³/mol. The Bertz CT molecular complexity index is 497. The molecule has 0 heterocycles. The zero-order valence-corrected chi connectivity index (χ0v) is 13.6. The third kappa shape index (κ3) is 3.52. The Kier molecular flexibility index (Phi) is 4.82. The number of rotatable bonds is 4. The van der Waals surface area contributed by atoms with Crippen LogP contribution in [-0.4, -0.2) is 18.5 Å². The van der Waals surface area contributed by atoms with Crippen molar-refractivity contribution in [1.82, 2.24) is 5.32 Å². The first-order valence-electron chi connectivity index (χ1n) is 8.72. The molecule has 0 aromatic heterocycles. The van der Waals surface area contributed by atoms with Gasteiger partial charge in [0.05, 0.1) is 0 Å². The third-order valence-electron chi connectivity index (χ3n) is 5.62. The number of amides is 1. The Balaban J connectivity index is 1.47. The SMILES string of the molecule is Cc1ccc(CCNC(=O)C2CC3CCCC(C2)C3N)cc1. The molecule has 0 saturated heterocycles. The van der Waals surface area contributed by atoms with E-state index < -0.39 is 0 Å². The van der Waals surface area contributed by atoms with E-state index in [1.165, 1.54) is 30.4 Å². The molecule has 120 valence electrons. The maximum atomic E-state index is 12.4. The van der Waals surface area contributed by atoms with Gasteiger partial charge in [-0.15, -0.1) is 0 Å². The minimum atomic E-state index is 0.188. The van der Waals surface area contributed by atoms with Crippen molar-refractivity contribution >= 4 is 5.91 Å². The molecule has 3 heteroatoms. The minimum absolute atomic E-state index is 0.188. The van der Waals surface area contributed by atoms with Gasteiger partial charge in [-0.05, 0) is 56.4 Å². The van der Waals surface area contributed by atoms with Crippen molar-refractivity contribution < 1.29 is 4.79 Å². The molecular formula is C19H28N2O. The summed E-state index contributed by atoms with van der Waals surface area (Å²) in [6, 6.07) is 8.88. The molecule has 3 N–H and O–H groups in total.